The van der Waals surface area contributed by atoms with Crippen LogP contribution in [-0.2, 0) is 0 Å². The number of amides is 1. The first-order chi connectivity index (χ1) is 13.7. The lowest BCUT2D eigenvalue weighted by Crippen LogP contribution is -2.31. The SMILES string of the molecule is Cc1ccc2nc([C@H]3CCCN3C(=O)c3cn[nH]c3-c3ccccc3)[nH]c2c1. The Morgan fingerprint density at radius 3 is 2.89 bits per heavy atom. The third-order valence-electron chi connectivity index (χ3n) is 5.42. The second kappa shape index (κ2) is 6.64. The first-order valence-electron chi connectivity index (χ1n) is 9.57. The molecule has 0 spiro atoms. The second-order valence-electron chi connectivity index (χ2n) is 7.32. The number of H-pyrrole nitrogens is 2. The van der Waals surface area contributed by atoms with Crippen LogP contribution in [0.3, 0.4) is 0 Å². The fourth-order valence-electron chi connectivity index (χ4n) is 4.02. The largest absolute Gasteiger partial charge is 0.340 e. The van der Waals surface area contributed by atoms with Crippen molar-refractivity contribution in [3.05, 3.63) is 71.7 Å². The first-order valence-corrected chi connectivity index (χ1v) is 9.57. The number of benzene rings is 2. The van der Waals surface area contributed by atoms with Gasteiger partial charge in [0.25, 0.3) is 5.91 Å². The van der Waals surface area contributed by atoms with Gasteiger partial charge in [0, 0.05) is 12.1 Å². The van der Waals surface area contributed by atoms with Gasteiger partial charge in [-0.15, -0.1) is 0 Å². The summed E-state index contributed by atoms with van der Waals surface area (Å²) < 4.78 is 0. The van der Waals surface area contributed by atoms with Gasteiger partial charge in [0.05, 0.1) is 34.5 Å². The van der Waals surface area contributed by atoms with Crippen molar-refractivity contribution in [2.24, 2.45) is 0 Å². The molecule has 0 unspecified atom stereocenters. The normalized spacial score (nSPS) is 16.8. The summed E-state index contributed by atoms with van der Waals surface area (Å²) in [5.74, 6) is 0.850. The van der Waals surface area contributed by atoms with Crippen molar-refractivity contribution in [3.63, 3.8) is 0 Å². The molecular formula is C22H21N5O. The smallest absolute Gasteiger partial charge is 0.258 e. The molecule has 3 heterocycles. The van der Waals surface area contributed by atoms with Crippen molar-refractivity contribution < 1.29 is 4.79 Å². The van der Waals surface area contributed by atoms with Crippen LogP contribution in [0.15, 0.2) is 54.7 Å². The number of imidazole rings is 1. The van der Waals surface area contributed by atoms with Crippen LogP contribution in [0.1, 0.15) is 40.6 Å². The number of likely N-dealkylation sites (tertiary alicyclic amines) is 1. The molecule has 0 saturated carbocycles. The first kappa shape index (κ1) is 16.7. The van der Waals surface area contributed by atoms with Gasteiger partial charge in [-0.05, 0) is 37.5 Å². The van der Waals surface area contributed by atoms with E-state index in [4.69, 9.17) is 4.98 Å². The van der Waals surface area contributed by atoms with E-state index in [0.717, 1.165) is 47.5 Å². The second-order valence-corrected chi connectivity index (χ2v) is 7.32. The Labute approximate surface area is 162 Å². The van der Waals surface area contributed by atoms with Crippen LogP contribution >= 0.6 is 0 Å². The average molecular weight is 371 g/mol. The summed E-state index contributed by atoms with van der Waals surface area (Å²) in [6.07, 6.45) is 3.50. The van der Waals surface area contributed by atoms with Crippen molar-refractivity contribution in [2.45, 2.75) is 25.8 Å². The predicted molar refractivity (Wildman–Crippen MR) is 108 cm³/mol. The van der Waals surface area contributed by atoms with Crippen LogP contribution in [0.25, 0.3) is 22.3 Å². The molecule has 4 aromatic rings. The highest BCUT2D eigenvalue weighted by Gasteiger charge is 2.34. The number of nitrogens with one attached hydrogen (secondary N) is 2. The highest BCUT2D eigenvalue weighted by atomic mass is 16.2. The van der Waals surface area contributed by atoms with Crippen LogP contribution in [0.5, 0.6) is 0 Å². The molecule has 1 fully saturated rings. The quantitative estimate of drug-likeness (QED) is 0.565. The number of carbonyl (C=O) groups is 1. The van der Waals surface area contributed by atoms with Gasteiger partial charge in [0.15, 0.2) is 0 Å². The van der Waals surface area contributed by atoms with Gasteiger partial charge in [0.2, 0.25) is 0 Å². The van der Waals surface area contributed by atoms with Gasteiger partial charge in [-0.3, -0.25) is 9.89 Å². The van der Waals surface area contributed by atoms with Crippen LogP contribution < -0.4 is 0 Å². The van der Waals surface area contributed by atoms with Gasteiger partial charge >= 0.3 is 0 Å². The standard InChI is InChI=1S/C22H21N5O/c1-14-9-10-17-18(12-14)25-21(24-17)19-8-5-11-27(19)22(28)16-13-23-26-20(16)15-6-3-2-4-7-15/h2-4,6-7,9-10,12-13,19H,5,8,11H2,1H3,(H,23,26)(H,24,25)/t19-/m1/s1. The average Bonchev–Trinajstić information content (AvgIpc) is 3.45. The Kier molecular flexibility index (Phi) is 3.97. The zero-order chi connectivity index (χ0) is 19.1. The van der Waals surface area contributed by atoms with E-state index >= 15 is 0 Å². The number of aromatic nitrogens is 4. The number of rotatable bonds is 3. The minimum atomic E-state index is -0.0428. The highest BCUT2D eigenvalue weighted by Crippen LogP contribution is 2.34. The fourth-order valence-corrected chi connectivity index (χ4v) is 4.02. The Hall–Kier alpha value is -3.41. The maximum Gasteiger partial charge on any atom is 0.258 e. The van der Waals surface area contributed by atoms with Gasteiger partial charge in [-0.2, -0.15) is 5.10 Å². The minimum absolute atomic E-state index is 0.00765. The number of aryl methyl sites for hydroxylation is 1. The van der Waals surface area contributed by atoms with Gasteiger partial charge < -0.3 is 9.88 Å². The maximum absolute atomic E-state index is 13.4. The van der Waals surface area contributed by atoms with Crippen LogP contribution in [0.4, 0.5) is 0 Å². The summed E-state index contributed by atoms with van der Waals surface area (Å²) in [5.41, 5.74) is 5.46. The Bertz CT molecular complexity index is 1140. The zero-order valence-electron chi connectivity index (χ0n) is 15.6. The number of fused-ring (bicyclic) bond motifs is 1. The summed E-state index contributed by atoms with van der Waals surface area (Å²) in [6, 6.07) is 16.0. The van der Waals surface area contributed by atoms with E-state index in [9.17, 15) is 4.79 Å². The third kappa shape index (κ3) is 2.78. The third-order valence-corrected chi connectivity index (χ3v) is 5.42. The number of hydrogen-bond donors (Lipinski definition) is 2. The van der Waals surface area contributed by atoms with E-state index < -0.39 is 0 Å². The lowest BCUT2D eigenvalue weighted by molar-refractivity contribution is 0.0731. The maximum atomic E-state index is 13.4. The number of aromatic amines is 2. The van der Waals surface area contributed by atoms with Gasteiger partial charge in [0.1, 0.15) is 5.82 Å². The van der Waals surface area contributed by atoms with Crippen molar-refractivity contribution in [2.75, 3.05) is 6.54 Å². The van der Waals surface area contributed by atoms with Gasteiger partial charge in [-0.1, -0.05) is 36.4 Å². The Balaban J connectivity index is 1.49. The zero-order valence-corrected chi connectivity index (χ0v) is 15.6. The van der Waals surface area contributed by atoms with Crippen molar-refractivity contribution in [1.29, 1.82) is 0 Å². The van der Waals surface area contributed by atoms with E-state index in [1.54, 1.807) is 6.20 Å². The minimum Gasteiger partial charge on any atom is -0.340 e. The van der Waals surface area contributed by atoms with E-state index in [-0.39, 0.29) is 11.9 Å². The Morgan fingerprint density at radius 2 is 2.04 bits per heavy atom. The lowest BCUT2D eigenvalue weighted by atomic mass is 10.1. The summed E-state index contributed by atoms with van der Waals surface area (Å²) in [4.78, 5) is 23.5. The van der Waals surface area contributed by atoms with Crippen LogP contribution in [0.2, 0.25) is 0 Å². The molecule has 1 saturated heterocycles. The van der Waals surface area contributed by atoms with Crippen LogP contribution in [-0.4, -0.2) is 37.5 Å². The summed E-state index contributed by atoms with van der Waals surface area (Å²) in [6.45, 7) is 2.79. The highest BCUT2D eigenvalue weighted by molar-refractivity contribution is 6.00. The van der Waals surface area contributed by atoms with Crippen molar-refractivity contribution in [3.8, 4) is 11.3 Å². The molecule has 6 nitrogen and oxygen atoms in total. The number of hydrogen-bond acceptors (Lipinski definition) is 3. The molecule has 6 heteroatoms. The molecule has 5 rings (SSSR count). The predicted octanol–water partition coefficient (Wildman–Crippen LogP) is 4.24. The molecule has 1 amide bonds. The molecule has 0 aliphatic carbocycles. The number of nitrogens with zero attached hydrogens (tertiary/aromatic N) is 3. The molecule has 0 bridgehead atoms. The molecule has 1 atom stereocenters. The summed E-state index contributed by atoms with van der Waals surface area (Å²) in [7, 11) is 0. The van der Waals surface area contributed by atoms with E-state index in [1.807, 2.05) is 41.3 Å². The molecular weight excluding hydrogens is 350 g/mol. The van der Waals surface area contributed by atoms with E-state index in [1.165, 1.54) is 5.56 Å². The molecule has 2 aromatic carbocycles. The molecule has 140 valence electrons. The summed E-state index contributed by atoms with van der Waals surface area (Å²) in [5, 5.41) is 7.13. The van der Waals surface area contributed by atoms with E-state index in [2.05, 4.69) is 34.2 Å². The van der Waals surface area contributed by atoms with E-state index in [0.29, 0.717) is 5.56 Å². The summed E-state index contributed by atoms with van der Waals surface area (Å²) >= 11 is 0. The molecule has 0 radical (unpaired) electrons. The molecule has 1 aliphatic rings. The molecule has 1 aliphatic heterocycles. The van der Waals surface area contributed by atoms with Crippen molar-refractivity contribution in [1.82, 2.24) is 25.1 Å². The monoisotopic (exact) mass is 371 g/mol. The Morgan fingerprint density at radius 1 is 1.18 bits per heavy atom. The molecule has 28 heavy (non-hydrogen) atoms. The topological polar surface area (TPSA) is 77.7 Å². The number of carbonyl (C=O) groups excluding carboxylic acids is 1. The molecule has 2 N–H and O–H groups in total. The van der Waals surface area contributed by atoms with Gasteiger partial charge in [-0.25, -0.2) is 4.98 Å². The molecule has 2 aromatic heterocycles. The van der Waals surface area contributed by atoms with Crippen LogP contribution in [0, 0.1) is 6.92 Å². The lowest BCUT2D eigenvalue weighted by Gasteiger charge is -2.23. The van der Waals surface area contributed by atoms with Crippen molar-refractivity contribution >= 4 is 16.9 Å². The fraction of sp³-hybridized carbons (Fsp3) is 0.227.